The fourth-order valence-corrected chi connectivity index (χ4v) is 1.72. The van der Waals surface area contributed by atoms with Crippen molar-refractivity contribution in [1.29, 1.82) is 0 Å². The average Bonchev–Trinajstić information content (AvgIpc) is 2.76. The van der Waals surface area contributed by atoms with Gasteiger partial charge in [-0.1, -0.05) is 23.4 Å². The molecule has 0 saturated heterocycles. The van der Waals surface area contributed by atoms with Crippen LogP contribution in [-0.2, 0) is 6.42 Å². The van der Waals surface area contributed by atoms with E-state index in [4.69, 9.17) is 10.3 Å². The molecule has 1 aromatic heterocycles. The van der Waals surface area contributed by atoms with Gasteiger partial charge in [-0.15, -0.1) is 0 Å². The molecule has 0 aliphatic rings. The number of nitrogens with one attached hydrogen (secondary N) is 1. The van der Waals surface area contributed by atoms with E-state index in [1.807, 2.05) is 18.2 Å². The van der Waals surface area contributed by atoms with Gasteiger partial charge >= 0.3 is 0 Å². The molecule has 0 aliphatic carbocycles. The Morgan fingerprint density at radius 3 is 2.89 bits per heavy atom. The number of nitrogens with two attached hydrogens (primary N) is 1. The molecular weight excluding hydrogens is 230 g/mol. The standard InChI is InChI=1S/C13H15N3O2/c1-9-8-12(18-16-9)15-13(17)11-5-3-2-4-10(11)6-7-14/h2-5,8H,6-7,14H2,1H3,(H,15,17). The Labute approximate surface area is 105 Å². The molecule has 0 aliphatic heterocycles. The van der Waals surface area contributed by atoms with Crippen molar-refractivity contribution in [2.45, 2.75) is 13.3 Å². The number of carbonyl (C=O) groups is 1. The van der Waals surface area contributed by atoms with Crippen LogP contribution in [0.15, 0.2) is 34.9 Å². The number of hydrogen-bond donors (Lipinski definition) is 2. The van der Waals surface area contributed by atoms with Gasteiger partial charge in [0.05, 0.1) is 5.69 Å². The van der Waals surface area contributed by atoms with E-state index in [0.29, 0.717) is 24.4 Å². The maximum atomic E-state index is 12.1. The molecule has 3 N–H and O–H groups in total. The Balaban J connectivity index is 2.18. The Morgan fingerprint density at radius 1 is 1.44 bits per heavy atom. The van der Waals surface area contributed by atoms with E-state index in [1.165, 1.54) is 0 Å². The number of carbonyl (C=O) groups excluding carboxylic acids is 1. The normalized spacial score (nSPS) is 10.3. The Hall–Kier alpha value is -2.14. The minimum Gasteiger partial charge on any atom is -0.338 e. The molecule has 0 fully saturated rings. The van der Waals surface area contributed by atoms with E-state index < -0.39 is 0 Å². The molecule has 0 bridgehead atoms. The number of hydrogen-bond acceptors (Lipinski definition) is 4. The van der Waals surface area contributed by atoms with E-state index in [9.17, 15) is 4.79 Å². The predicted octanol–water partition coefficient (Wildman–Crippen LogP) is 1.74. The van der Waals surface area contributed by atoms with Gasteiger partial charge in [0.1, 0.15) is 0 Å². The van der Waals surface area contributed by atoms with Crippen molar-refractivity contribution in [3.05, 3.63) is 47.2 Å². The Kier molecular flexibility index (Phi) is 3.74. The number of amides is 1. The van der Waals surface area contributed by atoms with Crippen molar-refractivity contribution in [3.63, 3.8) is 0 Å². The third-order valence-corrected chi connectivity index (χ3v) is 2.54. The predicted molar refractivity (Wildman–Crippen MR) is 68.4 cm³/mol. The van der Waals surface area contributed by atoms with Crippen LogP contribution in [0.4, 0.5) is 5.88 Å². The van der Waals surface area contributed by atoms with Crippen molar-refractivity contribution in [1.82, 2.24) is 5.16 Å². The van der Waals surface area contributed by atoms with Gasteiger partial charge in [0, 0.05) is 11.6 Å². The molecule has 0 spiro atoms. The molecule has 1 heterocycles. The minimum absolute atomic E-state index is 0.213. The van der Waals surface area contributed by atoms with Crippen molar-refractivity contribution in [2.75, 3.05) is 11.9 Å². The highest BCUT2D eigenvalue weighted by atomic mass is 16.5. The highest BCUT2D eigenvalue weighted by molar-refractivity contribution is 6.04. The van der Waals surface area contributed by atoms with Gasteiger partial charge in [0.2, 0.25) is 5.88 Å². The molecule has 0 saturated carbocycles. The maximum absolute atomic E-state index is 12.1. The summed E-state index contributed by atoms with van der Waals surface area (Å²) >= 11 is 0. The lowest BCUT2D eigenvalue weighted by Crippen LogP contribution is -2.15. The highest BCUT2D eigenvalue weighted by Crippen LogP contribution is 2.14. The van der Waals surface area contributed by atoms with Crippen molar-refractivity contribution in [3.8, 4) is 0 Å². The molecule has 1 aromatic carbocycles. The Morgan fingerprint density at radius 2 is 2.22 bits per heavy atom. The van der Waals surface area contributed by atoms with Crippen LogP contribution in [0.3, 0.4) is 0 Å². The quantitative estimate of drug-likeness (QED) is 0.859. The monoisotopic (exact) mass is 245 g/mol. The topological polar surface area (TPSA) is 81.2 Å². The number of anilines is 1. The maximum Gasteiger partial charge on any atom is 0.258 e. The fraction of sp³-hybridized carbons (Fsp3) is 0.231. The SMILES string of the molecule is Cc1cc(NC(=O)c2ccccc2CCN)on1. The largest absolute Gasteiger partial charge is 0.338 e. The summed E-state index contributed by atoms with van der Waals surface area (Å²) < 4.78 is 4.95. The number of aryl methyl sites for hydroxylation is 1. The molecular formula is C13H15N3O2. The van der Waals surface area contributed by atoms with Gasteiger partial charge in [-0.2, -0.15) is 0 Å². The van der Waals surface area contributed by atoms with E-state index in [2.05, 4.69) is 10.5 Å². The molecule has 2 aromatic rings. The van der Waals surface area contributed by atoms with E-state index >= 15 is 0 Å². The summed E-state index contributed by atoms with van der Waals surface area (Å²) in [6.45, 7) is 2.30. The molecule has 0 atom stereocenters. The van der Waals surface area contributed by atoms with E-state index in [1.54, 1.807) is 19.1 Å². The molecule has 94 valence electrons. The first-order valence-corrected chi connectivity index (χ1v) is 5.73. The first-order chi connectivity index (χ1) is 8.70. The molecule has 18 heavy (non-hydrogen) atoms. The van der Waals surface area contributed by atoms with Gasteiger partial charge in [0.25, 0.3) is 5.91 Å². The molecule has 5 heteroatoms. The van der Waals surface area contributed by atoms with Gasteiger partial charge in [0.15, 0.2) is 0 Å². The zero-order valence-electron chi connectivity index (χ0n) is 10.1. The number of nitrogens with zero attached hydrogens (tertiary/aromatic N) is 1. The zero-order chi connectivity index (χ0) is 13.0. The van der Waals surface area contributed by atoms with Gasteiger partial charge in [-0.25, -0.2) is 0 Å². The third kappa shape index (κ3) is 2.75. The second kappa shape index (κ2) is 5.46. The summed E-state index contributed by atoms with van der Waals surface area (Å²) in [5, 5.41) is 6.38. The number of rotatable bonds is 4. The summed E-state index contributed by atoms with van der Waals surface area (Å²) in [7, 11) is 0. The van der Waals surface area contributed by atoms with Crippen LogP contribution in [0.1, 0.15) is 21.6 Å². The molecule has 5 nitrogen and oxygen atoms in total. The van der Waals surface area contributed by atoms with Crippen LogP contribution < -0.4 is 11.1 Å². The lowest BCUT2D eigenvalue weighted by molar-refractivity contribution is 0.102. The van der Waals surface area contributed by atoms with E-state index in [-0.39, 0.29) is 5.91 Å². The van der Waals surface area contributed by atoms with Crippen LogP contribution in [0.5, 0.6) is 0 Å². The second-order valence-corrected chi connectivity index (χ2v) is 3.98. The molecule has 1 amide bonds. The van der Waals surface area contributed by atoms with Gasteiger partial charge in [-0.3, -0.25) is 10.1 Å². The first-order valence-electron chi connectivity index (χ1n) is 5.73. The van der Waals surface area contributed by atoms with Crippen molar-refractivity contribution >= 4 is 11.8 Å². The minimum atomic E-state index is -0.213. The molecule has 0 unspecified atom stereocenters. The zero-order valence-corrected chi connectivity index (χ0v) is 10.1. The third-order valence-electron chi connectivity index (χ3n) is 2.54. The smallest absolute Gasteiger partial charge is 0.258 e. The van der Waals surface area contributed by atoms with Crippen molar-refractivity contribution in [2.24, 2.45) is 5.73 Å². The average molecular weight is 245 g/mol. The van der Waals surface area contributed by atoms with Crippen molar-refractivity contribution < 1.29 is 9.32 Å². The van der Waals surface area contributed by atoms with Gasteiger partial charge < -0.3 is 10.3 Å². The summed E-state index contributed by atoms with van der Waals surface area (Å²) in [6, 6.07) is 9.04. The van der Waals surface area contributed by atoms with Crippen LogP contribution in [0, 0.1) is 6.92 Å². The van der Waals surface area contributed by atoms with Crippen LogP contribution in [0.2, 0.25) is 0 Å². The lowest BCUT2D eigenvalue weighted by atomic mass is 10.0. The number of benzene rings is 1. The molecule has 0 radical (unpaired) electrons. The number of aromatic nitrogens is 1. The highest BCUT2D eigenvalue weighted by Gasteiger charge is 2.12. The second-order valence-electron chi connectivity index (χ2n) is 3.98. The van der Waals surface area contributed by atoms with Gasteiger partial charge in [-0.05, 0) is 31.5 Å². The summed E-state index contributed by atoms with van der Waals surface area (Å²) in [5.74, 6) is 0.134. The lowest BCUT2D eigenvalue weighted by Gasteiger charge is -2.07. The summed E-state index contributed by atoms with van der Waals surface area (Å²) in [5.41, 5.74) is 7.78. The summed E-state index contributed by atoms with van der Waals surface area (Å²) in [6.07, 6.45) is 0.666. The van der Waals surface area contributed by atoms with Crippen LogP contribution >= 0.6 is 0 Å². The Bertz CT molecular complexity index is 549. The first kappa shape index (κ1) is 12.3. The summed E-state index contributed by atoms with van der Waals surface area (Å²) in [4.78, 5) is 12.1. The van der Waals surface area contributed by atoms with E-state index in [0.717, 1.165) is 11.3 Å². The van der Waals surface area contributed by atoms with Crippen LogP contribution in [0.25, 0.3) is 0 Å². The molecule has 2 rings (SSSR count). The van der Waals surface area contributed by atoms with Crippen LogP contribution in [-0.4, -0.2) is 17.6 Å². The fourth-order valence-electron chi connectivity index (χ4n) is 1.72.